The Bertz CT molecular complexity index is 122. The van der Waals surface area contributed by atoms with Gasteiger partial charge in [0.2, 0.25) is 0 Å². The number of hydrogen-bond donors (Lipinski definition) is 1. The zero-order valence-corrected chi connectivity index (χ0v) is 8.05. The lowest BCUT2D eigenvalue weighted by atomic mass is 10.2. The van der Waals surface area contributed by atoms with E-state index < -0.39 is 0 Å². The van der Waals surface area contributed by atoms with Crippen LogP contribution < -0.4 is 5.32 Å². The number of ether oxygens (including phenoxy) is 1. The summed E-state index contributed by atoms with van der Waals surface area (Å²) in [5.74, 6) is 1.31. The standard InChI is InChI=1S/C7H13NOS2/c1-2-6(11-10-5-1)7-8-3-4-9-7/h6-8H,1-5H2. The summed E-state index contributed by atoms with van der Waals surface area (Å²) < 4.78 is 5.55. The van der Waals surface area contributed by atoms with Gasteiger partial charge < -0.3 is 4.74 Å². The second-order valence-electron chi connectivity index (χ2n) is 2.84. The molecular weight excluding hydrogens is 178 g/mol. The highest BCUT2D eigenvalue weighted by molar-refractivity contribution is 8.77. The van der Waals surface area contributed by atoms with E-state index in [1.165, 1.54) is 18.6 Å². The van der Waals surface area contributed by atoms with Gasteiger partial charge in [0.15, 0.2) is 0 Å². The summed E-state index contributed by atoms with van der Waals surface area (Å²) in [6.07, 6.45) is 3.01. The fourth-order valence-corrected chi connectivity index (χ4v) is 4.27. The molecule has 4 heteroatoms. The van der Waals surface area contributed by atoms with Gasteiger partial charge >= 0.3 is 0 Å². The summed E-state index contributed by atoms with van der Waals surface area (Å²) in [6.45, 7) is 1.93. The number of nitrogens with one attached hydrogen (secondary N) is 1. The topological polar surface area (TPSA) is 21.3 Å². The minimum atomic E-state index is 0.341. The maximum atomic E-state index is 5.55. The van der Waals surface area contributed by atoms with Crippen LogP contribution in [-0.4, -0.2) is 30.4 Å². The molecule has 1 N–H and O–H groups in total. The fraction of sp³-hybridized carbons (Fsp3) is 1.00. The lowest BCUT2D eigenvalue weighted by Gasteiger charge is -2.25. The van der Waals surface area contributed by atoms with E-state index in [4.69, 9.17) is 4.74 Å². The van der Waals surface area contributed by atoms with Gasteiger partial charge in [0.1, 0.15) is 6.23 Å². The third-order valence-electron chi connectivity index (χ3n) is 1.99. The molecule has 2 saturated heterocycles. The predicted molar refractivity (Wildman–Crippen MR) is 50.8 cm³/mol. The Labute approximate surface area is 75.2 Å². The van der Waals surface area contributed by atoms with Crippen molar-refractivity contribution in [3.05, 3.63) is 0 Å². The smallest absolute Gasteiger partial charge is 0.121 e. The first-order valence-corrected chi connectivity index (χ1v) is 6.48. The molecule has 2 heterocycles. The normalized spacial score (nSPS) is 39.3. The Balaban J connectivity index is 1.82. The van der Waals surface area contributed by atoms with E-state index in [-0.39, 0.29) is 0 Å². The van der Waals surface area contributed by atoms with Gasteiger partial charge in [-0.05, 0) is 12.8 Å². The highest BCUT2D eigenvalue weighted by Gasteiger charge is 2.27. The van der Waals surface area contributed by atoms with Crippen LogP contribution in [0.5, 0.6) is 0 Å². The first-order chi connectivity index (χ1) is 5.47. The predicted octanol–water partition coefficient (Wildman–Crippen LogP) is 1.48. The van der Waals surface area contributed by atoms with Gasteiger partial charge in [-0.15, -0.1) is 0 Å². The maximum Gasteiger partial charge on any atom is 0.121 e. The molecule has 0 aromatic carbocycles. The van der Waals surface area contributed by atoms with E-state index in [0.717, 1.165) is 13.2 Å². The second-order valence-corrected chi connectivity index (χ2v) is 5.57. The quantitative estimate of drug-likeness (QED) is 0.633. The molecule has 2 nitrogen and oxygen atoms in total. The molecule has 2 aliphatic rings. The SMILES string of the molecule is C1CSSC(C2NCCO2)C1. The molecule has 2 atom stereocenters. The van der Waals surface area contributed by atoms with Crippen LogP contribution in [0.2, 0.25) is 0 Å². The average molecular weight is 191 g/mol. The fourth-order valence-electron chi connectivity index (χ4n) is 1.41. The molecule has 0 aliphatic carbocycles. The molecule has 2 rings (SSSR count). The van der Waals surface area contributed by atoms with Crippen molar-refractivity contribution in [3.63, 3.8) is 0 Å². The van der Waals surface area contributed by atoms with Crippen LogP contribution in [0.4, 0.5) is 0 Å². The molecular formula is C7H13NOS2. The summed E-state index contributed by atoms with van der Waals surface area (Å²) in [4.78, 5) is 0. The highest BCUT2D eigenvalue weighted by atomic mass is 33.1. The summed E-state index contributed by atoms with van der Waals surface area (Å²) in [5, 5.41) is 4.06. The summed E-state index contributed by atoms with van der Waals surface area (Å²) in [7, 11) is 3.98. The van der Waals surface area contributed by atoms with E-state index in [0.29, 0.717) is 11.5 Å². The van der Waals surface area contributed by atoms with Crippen LogP contribution >= 0.6 is 21.6 Å². The summed E-state index contributed by atoms with van der Waals surface area (Å²) in [6, 6.07) is 0. The molecule has 0 spiro atoms. The van der Waals surface area contributed by atoms with Crippen LogP contribution in [0.15, 0.2) is 0 Å². The Morgan fingerprint density at radius 3 is 3.09 bits per heavy atom. The zero-order chi connectivity index (χ0) is 7.52. The van der Waals surface area contributed by atoms with Gasteiger partial charge in [0.25, 0.3) is 0 Å². The molecule has 0 amide bonds. The van der Waals surface area contributed by atoms with Gasteiger partial charge in [0, 0.05) is 12.3 Å². The van der Waals surface area contributed by atoms with E-state index in [1.54, 1.807) is 0 Å². The van der Waals surface area contributed by atoms with Crippen LogP contribution in [0.25, 0.3) is 0 Å². The Morgan fingerprint density at radius 1 is 1.45 bits per heavy atom. The Morgan fingerprint density at radius 2 is 2.45 bits per heavy atom. The number of hydrogen-bond acceptors (Lipinski definition) is 4. The third-order valence-corrected chi connectivity index (χ3v) is 4.96. The largest absolute Gasteiger partial charge is 0.361 e. The minimum Gasteiger partial charge on any atom is -0.361 e. The van der Waals surface area contributed by atoms with Crippen LogP contribution in [0, 0.1) is 0 Å². The highest BCUT2D eigenvalue weighted by Crippen LogP contribution is 2.37. The van der Waals surface area contributed by atoms with E-state index in [1.807, 2.05) is 21.6 Å². The molecule has 0 aromatic heterocycles. The van der Waals surface area contributed by atoms with Gasteiger partial charge in [-0.25, -0.2) is 0 Å². The lowest BCUT2D eigenvalue weighted by Crippen LogP contribution is -2.34. The monoisotopic (exact) mass is 191 g/mol. The van der Waals surface area contributed by atoms with Crippen LogP contribution in [0.3, 0.4) is 0 Å². The summed E-state index contributed by atoms with van der Waals surface area (Å²) >= 11 is 0. The van der Waals surface area contributed by atoms with Crippen LogP contribution in [-0.2, 0) is 4.74 Å². The molecule has 0 radical (unpaired) electrons. The van der Waals surface area contributed by atoms with Gasteiger partial charge in [-0.1, -0.05) is 21.6 Å². The van der Waals surface area contributed by atoms with Gasteiger partial charge in [-0.3, -0.25) is 5.32 Å². The molecule has 0 saturated carbocycles. The zero-order valence-electron chi connectivity index (χ0n) is 6.41. The van der Waals surface area contributed by atoms with Crippen molar-refractivity contribution in [3.8, 4) is 0 Å². The van der Waals surface area contributed by atoms with E-state index >= 15 is 0 Å². The average Bonchev–Trinajstić information content (AvgIpc) is 2.58. The third kappa shape index (κ3) is 2.05. The Kier molecular flexibility index (Phi) is 3.01. The Hall–Kier alpha value is 0.620. The van der Waals surface area contributed by atoms with E-state index in [9.17, 15) is 0 Å². The van der Waals surface area contributed by atoms with Crippen molar-refractivity contribution in [2.45, 2.75) is 24.3 Å². The summed E-state index contributed by atoms with van der Waals surface area (Å²) in [5.41, 5.74) is 0. The van der Waals surface area contributed by atoms with Crippen LogP contribution in [0.1, 0.15) is 12.8 Å². The van der Waals surface area contributed by atoms with Crippen molar-refractivity contribution in [1.29, 1.82) is 0 Å². The molecule has 2 unspecified atom stereocenters. The van der Waals surface area contributed by atoms with Crippen molar-refractivity contribution in [2.24, 2.45) is 0 Å². The molecule has 2 aliphatic heterocycles. The molecule has 64 valence electrons. The lowest BCUT2D eigenvalue weighted by molar-refractivity contribution is 0.0974. The molecule has 2 fully saturated rings. The molecule has 0 aromatic rings. The molecule has 11 heavy (non-hydrogen) atoms. The van der Waals surface area contributed by atoms with Gasteiger partial charge in [-0.2, -0.15) is 0 Å². The first kappa shape index (κ1) is 8.23. The number of rotatable bonds is 1. The first-order valence-electron chi connectivity index (χ1n) is 4.10. The second kappa shape index (κ2) is 4.03. The van der Waals surface area contributed by atoms with Crippen molar-refractivity contribution < 1.29 is 4.74 Å². The van der Waals surface area contributed by atoms with E-state index in [2.05, 4.69) is 5.32 Å². The van der Waals surface area contributed by atoms with Crippen molar-refractivity contribution in [1.82, 2.24) is 5.32 Å². The van der Waals surface area contributed by atoms with Gasteiger partial charge in [0.05, 0.1) is 11.9 Å². The molecule has 0 bridgehead atoms. The maximum absolute atomic E-state index is 5.55. The minimum absolute atomic E-state index is 0.341. The van der Waals surface area contributed by atoms with Crippen molar-refractivity contribution in [2.75, 3.05) is 18.9 Å². The van der Waals surface area contributed by atoms with Crippen molar-refractivity contribution >= 4 is 21.6 Å².